The highest BCUT2D eigenvalue weighted by molar-refractivity contribution is 6.43. The summed E-state index contributed by atoms with van der Waals surface area (Å²) in [5.41, 5.74) is 0. The maximum Gasteiger partial charge on any atom is 0.198 e. The van der Waals surface area contributed by atoms with E-state index < -0.39 is 6.10 Å². The van der Waals surface area contributed by atoms with E-state index >= 15 is 0 Å². The normalized spacial score (nSPS) is 18.8. The van der Waals surface area contributed by atoms with Crippen LogP contribution in [0.15, 0.2) is 17.1 Å². The summed E-state index contributed by atoms with van der Waals surface area (Å²) in [5.74, 6) is 1.49. The number of hydrogen-bond donors (Lipinski definition) is 2. The fraction of sp³-hybridized carbons (Fsp3) is 0.731. The van der Waals surface area contributed by atoms with Crippen molar-refractivity contribution < 1.29 is 19.4 Å². The number of aliphatic hydroxyl groups is 2. The molecule has 34 heavy (non-hydrogen) atoms. The van der Waals surface area contributed by atoms with Crippen LogP contribution in [0, 0.1) is 0 Å². The predicted octanol–water partition coefficient (Wildman–Crippen LogP) is 6.92. The topological polar surface area (TPSA) is 62.1 Å². The zero-order valence-electron chi connectivity index (χ0n) is 20.6. The lowest BCUT2D eigenvalue weighted by Crippen LogP contribution is -2.56. The highest BCUT2D eigenvalue weighted by Crippen LogP contribution is 2.34. The Kier molecular flexibility index (Phi) is 14.2. The third-order valence-electron chi connectivity index (χ3n) is 6.62. The van der Waals surface area contributed by atoms with Gasteiger partial charge in [-0.1, -0.05) is 99.5 Å². The lowest BCUT2D eigenvalue weighted by molar-refractivity contribution is -0.840. The Labute approximate surface area is 220 Å². The van der Waals surface area contributed by atoms with E-state index in [4.69, 9.17) is 44.5 Å². The van der Waals surface area contributed by atoms with E-state index in [1.54, 1.807) is 6.07 Å². The van der Waals surface area contributed by atoms with Crippen LogP contribution in [0.5, 0.6) is 5.75 Å². The molecule has 0 aromatic heterocycles. The first-order valence-electron chi connectivity index (χ1n) is 12.9. The van der Waals surface area contributed by atoms with Gasteiger partial charge in [0.05, 0.1) is 28.2 Å². The van der Waals surface area contributed by atoms with Gasteiger partial charge in [0.25, 0.3) is 0 Å². The van der Waals surface area contributed by atoms with Crippen LogP contribution in [0.3, 0.4) is 0 Å². The Morgan fingerprint density at radius 1 is 0.941 bits per heavy atom. The van der Waals surface area contributed by atoms with Gasteiger partial charge in [-0.25, -0.2) is 4.99 Å². The largest absolute Gasteiger partial charge is 0.489 e. The van der Waals surface area contributed by atoms with Crippen molar-refractivity contribution in [1.29, 1.82) is 0 Å². The molecule has 2 atom stereocenters. The molecular weight excluding hydrogens is 495 g/mol. The first-order chi connectivity index (χ1) is 16.4. The summed E-state index contributed by atoms with van der Waals surface area (Å²) < 4.78 is 6.27. The van der Waals surface area contributed by atoms with Crippen molar-refractivity contribution in [3.63, 3.8) is 0 Å². The Morgan fingerprint density at radius 3 is 2.21 bits per heavy atom. The second-order valence-electron chi connectivity index (χ2n) is 9.39. The van der Waals surface area contributed by atoms with Crippen LogP contribution in [0.4, 0.5) is 0 Å². The lowest BCUT2D eigenvalue weighted by Gasteiger charge is -2.36. The molecule has 0 fully saturated rings. The van der Waals surface area contributed by atoms with Crippen molar-refractivity contribution in [3.05, 3.63) is 27.2 Å². The minimum atomic E-state index is -0.729. The van der Waals surface area contributed by atoms with Gasteiger partial charge in [0.1, 0.15) is 38.1 Å². The summed E-state index contributed by atoms with van der Waals surface area (Å²) in [5, 5.41) is 21.6. The van der Waals surface area contributed by atoms with Crippen LogP contribution in [0.1, 0.15) is 77.6 Å². The third kappa shape index (κ3) is 9.83. The molecule has 0 saturated carbocycles. The van der Waals surface area contributed by atoms with Crippen molar-refractivity contribution >= 4 is 40.6 Å². The molecule has 0 saturated heterocycles. The second kappa shape index (κ2) is 16.2. The summed E-state index contributed by atoms with van der Waals surface area (Å²) in [6.45, 7) is 4.94. The maximum atomic E-state index is 10.8. The number of unbranched alkanes of at least 4 members (excludes halogenated alkanes) is 9. The molecule has 2 N–H and O–H groups in total. The molecule has 0 radical (unpaired) electrons. The molecule has 194 valence electrons. The number of ether oxygens (including phenoxy) is 1. The van der Waals surface area contributed by atoms with E-state index in [-0.39, 0.29) is 13.2 Å². The van der Waals surface area contributed by atoms with Gasteiger partial charge in [0.2, 0.25) is 0 Å². The molecule has 1 aliphatic heterocycles. The van der Waals surface area contributed by atoms with E-state index in [1.807, 2.05) is 0 Å². The van der Waals surface area contributed by atoms with Crippen LogP contribution < -0.4 is 4.74 Å². The van der Waals surface area contributed by atoms with Gasteiger partial charge in [0.15, 0.2) is 5.84 Å². The average molecular weight is 537 g/mol. The molecule has 1 aromatic rings. The fourth-order valence-electron chi connectivity index (χ4n) is 4.71. The zero-order chi connectivity index (χ0) is 24.8. The fourth-order valence-corrected chi connectivity index (χ4v) is 5.30. The molecule has 1 heterocycles. The van der Waals surface area contributed by atoms with Crippen LogP contribution in [-0.2, 0) is 0 Å². The number of amidine groups is 1. The molecule has 1 aromatic carbocycles. The smallest absolute Gasteiger partial charge is 0.198 e. The molecule has 1 aliphatic rings. The highest BCUT2D eigenvalue weighted by Gasteiger charge is 2.39. The number of quaternary nitrogens is 1. The first kappa shape index (κ1) is 29.7. The minimum Gasteiger partial charge on any atom is -0.489 e. The third-order valence-corrected chi connectivity index (χ3v) is 7.64. The van der Waals surface area contributed by atoms with Crippen molar-refractivity contribution in [2.24, 2.45) is 4.99 Å². The van der Waals surface area contributed by atoms with Gasteiger partial charge in [0, 0.05) is 12.5 Å². The summed E-state index contributed by atoms with van der Waals surface area (Å²) >= 11 is 18.2. The van der Waals surface area contributed by atoms with E-state index in [2.05, 4.69) is 6.92 Å². The molecule has 0 aliphatic carbocycles. The highest BCUT2D eigenvalue weighted by atomic mass is 35.5. The number of rotatable bonds is 18. The van der Waals surface area contributed by atoms with Crippen LogP contribution in [0.2, 0.25) is 15.1 Å². The number of aliphatic hydroxyl groups excluding tert-OH is 2. The quantitative estimate of drug-likeness (QED) is 0.122. The van der Waals surface area contributed by atoms with Crippen molar-refractivity contribution in [3.8, 4) is 5.75 Å². The van der Waals surface area contributed by atoms with E-state index in [9.17, 15) is 10.2 Å². The predicted molar refractivity (Wildman–Crippen MR) is 144 cm³/mol. The maximum absolute atomic E-state index is 10.8. The Bertz CT molecular complexity index is 763. The van der Waals surface area contributed by atoms with Crippen LogP contribution >= 0.6 is 34.8 Å². The summed E-state index contributed by atoms with van der Waals surface area (Å²) in [6, 6.07) is 3.09. The van der Waals surface area contributed by atoms with Gasteiger partial charge in [-0.05, 0) is 12.5 Å². The molecule has 2 rings (SSSR count). The first-order valence-corrected chi connectivity index (χ1v) is 14.0. The van der Waals surface area contributed by atoms with Gasteiger partial charge in [-0.3, -0.25) is 4.48 Å². The molecule has 0 spiro atoms. The average Bonchev–Trinajstić information content (AvgIpc) is 3.18. The molecular formula is C26H42Cl3N2O3+. The van der Waals surface area contributed by atoms with Crippen molar-refractivity contribution in [2.75, 3.05) is 39.4 Å². The van der Waals surface area contributed by atoms with Gasteiger partial charge in [-0.2, -0.15) is 0 Å². The monoisotopic (exact) mass is 535 g/mol. The Morgan fingerprint density at radius 2 is 1.56 bits per heavy atom. The SMILES string of the molecule is CCCCCCCCCCCCC1=NCC[N+]1(CCO)C[C@@H](O)COc1cc(Cl)c(Cl)cc1Cl. The van der Waals surface area contributed by atoms with Crippen LogP contribution in [0.25, 0.3) is 0 Å². The van der Waals surface area contributed by atoms with E-state index in [0.29, 0.717) is 38.4 Å². The Balaban J connectivity index is 1.77. The number of benzene rings is 1. The molecule has 0 bridgehead atoms. The summed E-state index contributed by atoms with van der Waals surface area (Å²) in [7, 11) is 0. The van der Waals surface area contributed by atoms with Gasteiger partial charge < -0.3 is 14.9 Å². The standard InChI is InChI=1S/C26H42Cl3N2O3/c1-2-3-4-5-6-7-8-9-10-11-12-26-30-13-14-31(26,15-16-32)19-21(33)20-34-25-18-23(28)22(27)17-24(25)29/h17-18,21,32-33H,2-16,19-20H2,1H3/q+1/t21-,31?/m1/s1. The van der Waals surface area contributed by atoms with E-state index in [1.165, 1.54) is 63.9 Å². The number of aliphatic imine (C=N–C) groups is 1. The van der Waals surface area contributed by atoms with E-state index in [0.717, 1.165) is 31.8 Å². The summed E-state index contributed by atoms with van der Waals surface area (Å²) in [6.07, 6.45) is 13.2. The zero-order valence-corrected chi connectivity index (χ0v) is 22.9. The molecule has 0 amide bonds. The molecule has 1 unspecified atom stereocenters. The second-order valence-corrected chi connectivity index (χ2v) is 10.6. The van der Waals surface area contributed by atoms with Crippen molar-refractivity contribution in [1.82, 2.24) is 0 Å². The number of nitrogens with zero attached hydrogens (tertiary/aromatic N) is 2. The minimum absolute atomic E-state index is 0.0588. The molecule has 5 nitrogen and oxygen atoms in total. The van der Waals surface area contributed by atoms with Crippen LogP contribution in [-0.4, -0.2) is 66.0 Å². The summed E-state index contributed by atoms with van der Waals surface area (Å²) in [4.78, 5) is 4.76. The van der Waals surface area contributed by atoms with Gasteiger partial charge in [-0.15, -0.1) is 0 Å². The Hall–Kier alpha value is -0.560. The van der Waals surface area contributed by atoms with Gasteiger partial charge >= 0.3 is 0 Å². The van der Waals surface area contributed by atoms with Crippen molar-refractivity contribution in [2.45, 2.75) is 83.7 Å². The lowest BCUT2D eigenvalue weighted by atomic mass is 10.1. The molecule has 8 heteroatoms. The number of hydrogen-bond acceptors (Lipinski definition) is 4. The number of halogens is 3.